The number of fused-ring (bicyclic) bond motifs is 1. The van der Waals surface area contributed by atoms with E-state index in [-0.39, 0.29) is 5.75 Å². The third kappa shape index (κ3) is 5.86. The van der Waals surface area contributed by atoms with Gasteiger partial charge in [-0.1, -0.05) is 41.9 Å². The fourth-order valence-electron chi connectivity index (χ4n) is 3.31. The fourth-order valence-corrected chi connectivity index (χ4v) is 3.44. The summed E-state index contributed by atoms with van der Waals surface area (Å²) in [5, 5.41) is 8.47. The predicted octanol–water partition coefficient (Wildman–Crippen LogP) is 4.81. The molecule has 0 unspecified atom stereocenters. The van der Waals surface area contributed by atoms with Crippen molar-refractivity contribution in [3.05, 3.63) is 101 Å². The second kappa shape index (κ2) is 11.2. The number of hydrogen-bond acceptors (Lipinski definition) is 6. The van der Waals surface area contributed by atoms with Crippen LogP contribution in [0.3, 0.4) is 0 Å². The molecule has 0 aliphatic carbocycles. The van der Waals surface area contributed by atoms with Crippen molar-refractivity contribution in [1.29, 1.82) is 0 Å². The summed E-state index contributed by atoms with van der Waals surface area (Å²) in [6.07, 6.45) is 1.33. The SMILES string of the molecule is COc1ccc(C(=O)Oc2ccc3ccccc3c2/C=N/NC(=O)C(=O)Nc2ccc(Cl)cc2)cc1. The number of methoxy groups -OCH3 is 1. The molecule has 8 nitrogen and oxygen atoms in total. The molecule has 0 aliphatic heterocycles. The molecule has 0 bridgehead atoms. The summed E-state index contributed by atoms with van der Waals surface area (Å²) in [6, 6.07) is 23.7. The molecule has 0 saturated carbocycles. The van der Waals surface area contributed by atoms with E-state index in [2.05, 4.69) is 15.8 Å². The fraction of sp³-hybridized carbons (Fsp3) is 0.0370. The molecule has 180 valence electrons. The maximum Gasteiger partial charge on any atom is 0.343 e. The highest BCUT2D eigenvalue weighted by atomic mass is 35.5. The number of halogens is 1. The van der Waals surface area contributed by atoms with E-state index in [1.165, 1.54) is 13.3 Å². The molecular weight excluding hydrogens is 482 g/mol. The number of ether oxygens (including phenoxy) is 2. The van der Waals surface area contributed by atoms with Crippen molar-refractivity contribution in [2.24, 2.45) is 5.10 Å². The van der Waals surface area contributed by atoms with Crippen LogP contribution in [0.2, 0.25) is 5.02 Å². The molecular formula is C27H20ClN3O5. The summed E-state index contributed by atoms with van der Waals surface area (Å²) in [7, 11) is 1.54. The Morgan fingerprint density at radius 3 is 2.31 bits per heavy atom. The Kier molecular flexibility index (Phi) is 7.57. The van der Waals surface area contributed by atoms with E-state index in [0.29, 0.717) is 27.6 Å². The topological polar surface area (TPSA) is 106 Å². The number of rotatable bonds is 6. The van der Waals surface area contributed by atoms with Gasteiger partial charge >= 0.3 is 17.8 Å². The zero-order valence-electron chi connectivity index (χ0n) is 19.0. The summed E-state index contributed by atoms with van der Waals surface area (Å²) in [4.78, 5) is 37.1. The van der Waals surface area contributed by atoms with Crippen molar-refractivity contribution in [2.75, 3.05) is 12.4 Å². The first-order valence-corrected chi connectivity index (χ1v) is 11.1. The van der Waals surface area contributed by atoms with Crippen LogP contribution in [0.4, 0.5) is 5.69 Å². The highest BCUT2D eigenvalue weighted by molar-refractivity contribution is 6.39. The molecule has 0 atom stereocenters. The molecule has 0 saturated heterocycles. The highest BCUT2D eigenvalue weighted by Crippen LogP contribution is 2.27. The Morgan fingerprint density at radius 2 is 1.58 bits per heavy atom. The largest absolute Gasteiger partial charge is 0.497 e. The molecule has 4 aromatic carbocycles. The lowest BCUT2D eigenvalue weighted by Crippen LogP contribution is -2.32. The number of benzene rings is 4. The lowest BCUT2D eigenvalue weighted by Gasteiger charge is -2.11. The molecule has 0 aromatic heterocycles. The molecule has 2 amide bonds. The lowest BCUT2D eigenvalue weighted by molar-refractivity contribution is -0.136. The Labute approximate surface area is 211 Å². The summed E-state index contributed by atoms with van der Waals surface area (Å²) in [6.45, 7) is 0. The zero-order valence-corrected chi connectivity index (χ0v) is 19.8. The first-order valence-electron chi connectivity index (χ1n) is 10.7. The van der Waals surface area contributed by atoms with Crippen molar-refractivity contribution < 1.29 is 23.9 Å². The van der Waals surface area contributed by atoms with Gasteiger partial charge in [0.05, 0.1) is 18.9 Å². The average Bonchev–Trinajstić information content (AvgIpc) is 2.90. The first-order chi connectivity index (χ1) is 17.4. The van der Waals surface area contributed by atoms with Crippen LogP contribution >= 0.6 is 11.6 Å². The van der Waals surface area contributed by atoms with Gasteiger partial charge in [-0.3, -0.25) is 9.59 Å². The maximum absolute atomic E-state index is 12.7. The van der Waals surface area contributed by atoms with Crippen LogP contribution in [0, 0.1) is 0 Å². The number of esters is 1. The molecule has 0 aliphatic rings. The van der Waals surface area contributed by atoms with Crippen LogP contribution in [-0.2, 0) is 9.59 Å². The standard InChI is InChI=1S/C27H20ClN3O5/c1-35-21-13-6-18(7-14-21)27(34)36-24-15-8-17-4-2-3-5-22(17)23(24)16-29-31-26(33)25(32)30-20-11-9-19(28)10-12-20/h2-16H,1H3,(H,30,32)(H,31,33)/b29-16+. The van der Waals surface area contributed by atoms with Crippen LogP contribution in [0.25, 0.3) is 10.8 Å². The molecule has 4 rings (SSSR count). The third-order valence-corrected chi connectivity index (χ3v) is 5.38. The Bertz CT molecular complexity index is 1450. The first kappa shape index (κ1) is 24.4. The second-order valence-electron chi connectivity index (χ2n) is 7.48. The van der Waals surface area contributed by atoms with Gasteiger partial charge in [0.15, 0.2) is 0 Å². The smallest absolute Gasteiger partial charge is 0.343 e. The van der Waals surface area contributed by atoms with E-state index in [1.807, 2.05) is 24.3 Å². The molecule has 0 radical (unpaired) electrons. The minimum atomic E-state index is -0.974. The number of nitrogens with one attached hydrogen (secondary N) is 2. The second-order valence-corrected chi connectivity index (χ2v) is 7.91. The van der Waals surface area contributed by atoms with Gasteiger partial charge in [-0.05, 0) is 65.4 Å². The number of hydrogen-bond donors (Lipinski definition) is 2. The molecule has 2 N–H and O–H groups in total. The Balaban J connectivity index is 1.52. The minimum Gasteiger partial charge on any atom is -0.497 e. The molecule has 0 fully saturated rings. The van der Waals surface area contributed by atoms with Gasteiger partial charge in [0, 0.05) is 16.3 Å². The van der Waals surface area contributed by atoms with Crippen molar-refractivity contribution in [2.45, 2.75) is 0 Å². The Hall–Kier alpha value is -4.69. The van der Waals surface area contributed by atoms with Crippen molar-refractivity contribution in [1.82, 2.24) is 5.43 Å². The number of hydrazone groups is 1. The van der Waals surface area contributed by atoms with Gasteiger partial charge in [-0.2, -0.15) is 5.10 Å². The zero-order chi connectivity index (χ0) is 25.5. The summed E-state index contributed by atoms with van der Waals surface area (Å²) in [5.41, 5.74) is 3.38. The van der Waals surface area contributed by atoms with Gasteiger partial charge in [-0.25, -0.2) is 10.2 Å². The summed E-state index contributed by atoms with van der Waals surface area (Å²) < 4.78 is 10.7. The van der Waals surface area contributed by atoms with Crippen molar-refractivity contribution >= 4 is 52.1 Å². The van der Waals surface area contributed by atoms with Crippen LogP contribution in [-0.4, -0.2) is 31.1 Å². The molecule has 4 aromatic rings. The number of nitrogens with zero attached hydrogens (tertiary/aromatic N) is 1. The van der Waals surface area contributed by atoms with Gasteiger partial charge in [0.25, 0.3) is 0 Å². The number of anilines is 1. The molecule has 0 spiro atoms. The summed E-state index contributed by atoms with van der Waals surface area (Å²) >= 11 is 5.82. The maximum atomic E-state index is 12.7. The summed E-state index contributed by atoms with van der Waals surface area (Å²) in [5.74, 6) is -1.61. The van der Waals surface area contributed by atoms with Crippen LogP contribution in [0.5, 0.6) is 11.5 Å². The number of amides is 2. The van der Waals surface area contributed by atoms with E-state index in [1.54, 1.807) is 60.7 Å². The quantitative estimate of drug-likeness (QED) is 0.130. The number of carbonyl (C=O) groups excluding carboxylic acids is 3. The van der Waals surface area contributed by atoms with E-state index in [0.717, 1.165) is 10.8 Å². The molecule has 0 heterocycles. The highest BCUT2D eigenvalue weighted by Gasteiger charge is 2.15. The monoisotopic (exact) mass is 501 g/mol. The van der Waals surface area contributed by atoms with E-state index >= 15 is 0 Å². The van der Waals surface area contributed by atoms with E-state index in [9.17, 15) is 14.4 Å². The van der Waals surface area contributed by atoms with Crippen LogP contribution in [0.1, 0.15) is 15.9 Å². The van der Waals surface area contributed by atoms with Crippen LogP contribution in [0.15, 0.2) is 90.0 Å². The predicted molar refractivity (Wildman–Crippen MR) is 138 cm³/mol. The normalized spacial score (nSPS) is 10.7. The lowest BCUT2D eigenvalue weighted by atomic mass is 10.0. The minimum absolute atomic E-state index is 0.234. The van der Waals surface area contributed by atoms with Crippen LogP contribution < -0.4 is 20.2 Å². The van der Waals surface area contributed by atoms with Gasteiger partial charge in [0.1, 0.15) is 11.5 Å². The van der Waals surface area contributed by atoms with Gasteiger partial charge in [0.2, 0.25) is 0 Å². The Morgan fingerprint density at radius 1 is 0.861 bits per heavy atom. The molecule has 9 heteroatoms. The molecule has 36 heavy (non-hydrogen) atoms. The number of carbonyl (C=O) groups is 3. The van der Waals surface area contributed by atoms with Crippen molar-refractivity contribution in [3.63, 3.8) is 0 Å². The van der Waals surface area contributed by atoms with Gasteiger partial charge < -0.3 is 14.8 Å². The van der Waals surface area contributed by atoms with Crippen molar-refractivity contribution in [3.8, 4) is 11.5 Å². The average molecular weight is 502 g/mol. The van der Waals surface area contributed by atoms with E-state index < -0.39 is 17.8 Å². The van der Waals surface area contributed by atoms with Gasteiger partial charge in [-0.15, -0.1) is 0 Å². The van der Waals surface area contributed by atoms with E-state index in [4.69, 9.17) is 21.1 Å². The third-order valence-electron chi connectivity index (χ3n) is 5.13.